The van der Waals surface area contributed by atoms with Gasteiger partial charge in [0.1, 0.15) is 13.2 Å². The molecule has 0 aromatic carbocycles. The highest BCUT2D eigenvalue weighted by atomic mass is 16.7. The molecule has 0 aliphatic heterocycles. The fourth-order valence-corrected chi connectivity index (χ4v) is 11.2. The predicted molar refractivity (Wildman–Crippen MR) is 380 cm³/mol. The van der Waals surface area contributed by atoms with Gasteiger partial charge in [-0.3, -0.25) is 9.59 Å². The van der Waals surface area contributed by atoms with Gasteiger partial charge in [0.2, 0.25) is 0 Å². The molecule has 0 aromatic heterocycles. The van der Waals surface area contributed by atoms with Gasteiger partial charge in [0.15, 0.2) is 12.4 Å². The molecule has 0 N–H and O–H groups in total. The van der Waals surface area contributed by atoms with Crippen LogP contribution in [-0.4, -0.2) is 82.3 Å². The average Bonchev–Trinajstić information content (AvgIpc) is 3.64. The molecule has 518 valence electrons. The summed E-state index contributed by atoms with van der Waals surface area (Å²) >= 11 is 0. The largest absolute Gasteiger partial charge is 0.545 e. The van der Waals surface area contributed by atoms with E-state index in [1.54, 1.807) is 0 Å². The van der Waals surface area contributed by atoms with E-state index in [9.17, 15) is 19.5 Å². The van der Waals surface area contributed by atoms with E-state index < -0.39 is 24.3 Å². The maximum atomic E-state index is 12.9. The lowest BCUT2D eigenvalue weighted by molar-refractivity contribution is -0.870. The number of carboxylic acid groups (broad SMARTS) is 1. The second-order valence-electron chi connectivity index (χ2n) is 26.9. The van der Waals surface area contributed by atoms with Crippen LogP contribution in [0, 0.1) is 0 Å². The van der Waals surface area contributed by atoms with Crippen molar-refractivity contribution in [2.75, 3.05) is 47.5 Å². The van der Waals surface area contributed by atoms with E-state index in [0.29, 0.717) is 23.9 Å². The zero-order valence-corrected chi connectivity index (χ0v) is 59.3. The molecule has 0 spiro atoms. The maximum Gasteiger partial charge on any atom is 0.306 e. The highest BCUT2D eigenvalue weighted by Gasteiger charge is 2.22. The first-order valence-corrected chi connectivity index (χ1v) is 38.1. The second kappa shape index (κ2) is 70.6. The van der Waals surface area contributed by atoms with Crippen LogP contribution in [0.25, 0.3) is 0 Å². The van der Waals surface area contributed by atoms with E-state index in [-0.39, 0.29) is 32.2 Å². The molecule has 0 aromatic rings. The van der Waals surface area contributed by atoms with Crippen molar-refractivity contribution >= 4 is 17.9 Å². The summed E-state index contributed by atoms with van der Waals surface area (Å²) in [6.45, 7) is 4.67. The van der Waals surface area contributed by atoms with Gasteiger partial charge in [0.25, 0.3) is 0 Å². The van der Waals surface area contributed by atoms with Crippen LogP contribution in [0.1, 0.15) is 361 Å². The zero-order valence-electron chi connectivity index (χ0n) is 59.3. The number of allylic oxidation sites excluding steroid dienone is 12. The van der Waals surface area contributed by atoms with Gasteiger partial charge in [0, 0.05) is 12.8 Å². The van der Waals surface area contributed by atoms with Crippen molar-refractivity contribution in [3.05, 3.63) is 72.9 Å². The molecule has 9 nitrogen and oxygen atoms in total. The Morgan fingerprint density at radius 2 is 0.640 bits per heavy atom. The number of hydrogen-bond acceptors (Lipinski definition) is 8. The van der Waals surface area contributed by atoms with E-state index in [1.807, 2.05) is 21.1 Å². The smallest absolute Gasteiger partial charge is 0.306 e. The summed E-state index contributed by atoms with van der Waals surface area (Å²) in [5.74, 6) is -2.27. The number of quaternary nitrogens is 1. The molecule has 0 amide bonds. The molecule has 9 heteroatoms. The summed E-state index contributed by atoms with van der Waals surface area (Å²) in [6.07, 6.45) is 91.6. The zero-order chi connectivity index (χ0) is 64.7. The monoisotopic (exact) mass is 1250 g/mol. The molecule has 0 rings (SSSR count). The van der Waals surface area contributed by atoms with Gasteiger partial charge in [-0.15, -0.1) is 0 Å². The number of ether oxygens (including phenoxy) is 4. The Morgan fingerprint density at radius 1 is 0.348 bits per heavy atom. The molecule has 0 heterocycles. The fraction of sp³-hybridized carbons (Fsp3) is 0.812. The molecule has 0 radical (unpaired) electrons. The molecule has 0 aliphatic rings. The summed E-state index contributed by atoms with van der Waals surface area (Å²) in [5.41, 5.74) is 0. The molecule has 0 bridgehead atoms. The summed E-state index contributed by atoms with van der Waals surface area (Å²) in [7, 11) is 5.94. The standard InChI is InChI=1S/C80H145NO8/c1-6-8-10-12-14-16-18-20-22-24-26-28-30-32-33-34-35-36-37-38-39-40-41-42-43-44-45-47-48-50-52-54-56-58-60-62-64-66-68-70-77(82)87-74-76(75-88-80(79(84)85)86-73-72-81(3,4)5)89-78(83)71-69-67-65-63-61-59-57-55-53-51-49-46-31-29-27-25-23-21-19-17-15-13-11-9-7-2/h9,11,15,17,21,23-24,26-27,29,46,49,76,80H,6-8,10,12-14,16,18-20,22,25,28,30-45,47-48,50-75H2,1-5H3/b11-9-,17-15-,23-21-,26-24-,29-27-,49-46-. The Hall–Kier alpha value is -3.27. The van der Waals surface area contributed by atoms with Crippen molar-refractivity contribution in [1.29, 1.82) is 0 Å². The quantitative estimate of drug-likeness (QED) is 0.0195. The van der Waals surface area contributed by atoms with Gasteiger partial charge >= 0.3 is 11.9 Å². The minimum atomic E-state index is -1.63. The van der Waals surface area contributed by atoms with Crippen LogP contribution in [0.15, 0.2) is 72.9 Å². The lowest BCUT2D eigenvalue weighted by Gasteiger charge is -2.26. The van der Waals surface area contributed by atoms with Crippen LogP contribution in [0.5, 0.6) is 0 Å². The Morgan fingerprint density at radius 3 is 0.966 bits per heavy atom. The lowest BCUT2D eigenvalue weighted by atomic mass is 10.0. The van der Waals surface area contributed by atoms with Gasteiger partial charge in [-0.1, -0.05) is 337 Å². The molecular weight excluding hydrogens is 1100 g/mol. The number of carboxylic acids is 1. The van der Waals surface area contributed by atoms with Crippen molar-refractivity contribution in [3.8, 4) is 0 Å². The summed E-state index contributed by atoms with van der Waals surface area (Å²) in [4.78, 5) is 37.5. The van der Waals surface area contributed by atoms with Crippen molar-refractivity contribution in [2.45, 2.75) is 373 Å². The van der Waals surface area contributed by atoms with Crippen molar-refractivity contribution in [1.82, 2.24) is 0 Å². The molecule has 0 fully saturated rings. The van der Waals surface area contributed by atoms with Crippen LogP contribution in [0.4, 0.5) is 0 Å². The third-order valence-electron chi connectivity index (χ3n) is 16.9. The minimum absolute atomic E-state index is 0.145. The first-order chi connectivity index (χ1) is 43.6. The molecule has 0 saturated heterocycles. The number of carbonyl (C=O) groups excluding carboxylic acids is 3. The van der Waals surface area contributed by atoms with Crippen molar-refractivity contribution in [2.24, 2.45) is 0 Å². The van der Waals surface area contributed by atoms with Gasteiger partial charge in [-0.05, 0) is 83.5 Å². The fourth-order valence-electron chi connectivity index (χ4n) is 11.2. The number of carbonyl (C=O) groups is 3. The van der Waals surface area contributed by atoms with Gasteiger partial charge in [-0.25, -0.2) is 0 Å². The van der Waals surface area contributed by atoms with Gasteiger partial charge in [0.05, 0.1) is 40.3 Å². The number of hydrogen-bond donors (Lipinski definition) is 0. The van der Waals surface area contributed by atoms with Gasteiger partial charge < -0.3 is 33.3 Å². The van der Waals surface area contributed by atoms with Crippen LogP contribution in [0.2, 0.25) is 0 Å². The molecule has 0 saturated carbocycles. The number of likely N-dealkylation sites (N-methyl/N-ethyl adjacent to an activating group) is 1. The Labute approximate surface area is 551 Å². The highest BCUT2D eigenvalue weighted by molar-refractivity contribution is 5.70. The topological polar surface area (TPSA) is 111 Å². The Kier molecular flexibility index (Phi) is 68.0. The molecule has 2 atom stereocenters. The van der Waals surface area contributed by atoms with E-state index in [0.717, 1.165) is 77.0 Å². The van der Waals surface area contributed by atoms with Crippen molar-refractivity contribution < 1.29 is 42.9 Å². The molecular formula is C80H145NO8. The summed E-state index contributed by atoms with van der Waals surface area (Å²) in [6, 6.07) is 0. The summed E-state index contributed by atoms with van der Waals surface area (Å²) < 4.78 is 22.8. The maximum absolute atomic E-state index is 12.9. The van der Waals surface area contributed by atoms with Crippen LogP contribution in [-0.2, 0) is 33.3 Å². The first kappa shape index (κ1) is 85.7. The van der Waals surface area contributed by atoms with E-state index in [2.05, 4.69) is 86.8 Å². The van der Waals surface area contributed by atoms with E-state index in [4.69, 9.17) is 18.9 Å². The number of aliphatic carboxylic acids is 1. The Balaban J connectivity index is 3.98. The number of nitrogens with zero attached hydrogens (tertiary/aromatic N) is 1. The van der Waals surface area contributed by atoms with Crippen LogP contribution >= 0.6 is 0 Å². The normalized spacial score (nSPS) is 13.0. The number of rotatable bonds is 71. The lowest BCUT2D eigenvalue weighted by Crippen LogP contribution is -2.44. The average molecular weight is 1250 g/mol. The molecule has 2 unspecified atom stereocenters. The van der Waals surface area contributed by atoms with Crippen molar-refractivity contribution in [3.63, 3.8) is 0 Å². The Bertz CT molecular complexity index is 1690. The summed E-state index contributed by atoms with van der Waals surface area (Å²) in [5, 5.41) is 11.8. The predicted octanol–water partition coefficient (Wildman–Crippen LogP) is 22.7. The SMILES string of the molecule is CC/C=C\C/C=C\C/C=C\C/C=C\C/C=C\CCCCCCCCCCCC(=O)OC(COC(=O)CCCCCCCCCCCCCCCCCCCCCCCCCCCCC/C=C\CCCCCCCCCC)COC(OCC[N+](C)(C)C)C(=O)[O-]. The highest BCUT2D eigenvalue weighted by Crippen LogP contribution is 2.19. The van der Waals surface area contributed by atoms with E-state index in [1.165, 1.54) is 250 Å². The first-order valence-electron chi connectivity index (χ1n) is 38.1. The number of esters is 2. The minimum Gasteiger partial charge on any atom is -0.545 e. The third-order valence-corrected chi connectivity index (χ3v) is 16.9. The van der Waals surface area contributed by atoms with Crippen LogP contribution in [0.3, 0.4) is 0 Å². The van der Waals surface area contributed by atoms with E-state index >= 15 is 0 Å². The van der Waals surface area contributed by atoms with Gasteiger partial charge in [-0.2, -0.15) is 0 Å². The molecule has 89 heavy (non-hydrogen) atoms. The third kappa shape index (κ3) is 72.0. The molecule has 0 aliphatic carbocycles. The second-order valence-corrected chi connectivity index (χ2v) is 26.9. The number of unbranched alkanes of at least 4 members (excludes halogenated alkanes) is 44. The van der Waals surface area contributed by atoms with Crippen LogP contribution < -0.4 is 5.11 Å².